The molecule has 2 rings (SSSR count). The van der Waals surface area contributed by atoms with Gasteiger partial charge in [-0.3, -0.25) is 9.59 Å². The fraction of sp³-hybridized carbons (Fsp3) is 0.500. The Morgan fingerprint density at radius 1 is 1.50 bits per heavy atom. The molecule has 6 heteroatoms. The van der Waals surface area contributed by atoms with E-state index in [1.54, 1.807) is 11.0 Å². The lowest BCUT2D eigenvalue weighted by atomic mass is 9.98. The second kappa shape index (κ2) is 5.56. The number of primary amides is 1. The van der Waals surface area contributed by atoms with Crippen LogP contribution in [0.2, 0.25) is 0 Å². The maximum atomic E-state index is 12.4. The summed E-state index contributed by atoms with van der Waals surface area (Å²) >= 11 is 3.20. The van der Waals surface area contributed by atoms with E-state index in [0.717, 1.165) is 19.3 Å². The first kappa shape index (κ1) is 13.1. The lowest BCUT2D eigenvalue weighted by Gasteiger charge is -2.35. The largest absolute Gasteiger partial charge is 0.457 e. The van der Waals surface area contributed by atoms with Gasteiger partial charge in [0.25, 0.3) is 5.91 Å². The van der Waals surface area contributed by atoms with Gasteiger partial charge in [0.15, 0.2) is 4.67 Å². The minimum Gasteiger partial charge on any atom is -0.457 e. The van der Waals surface area contributed by atoms with E-state index in [-0.39, 0.29) is 24.3 Å². The van der Waals surface area contributed by atoms with Crippen LogP contribution >= 0.6 is 15.9 Å². The molecule has 2 amide bonds. The van der Waals surface area contributed by atoms with E-state index in [9.17, 15) is 9.59 Å². The van der Waals surface area contributed by atoms with Crippen LogP contribution in [0.25, 0.3) is 0 Å². The summed E-state index contributed by atoms with van der Waals surface area (Å²) in [6.07, 6.45) is 4.49. The molecule has 1 atom stereocenters. The summed E-state index contributed by atoms with van der Waals surface area (Å²) in [5.74, 6) is -0.479. The highest BCUT2D eigenvalue weighted by Gasteiger charge is 2.30. The third kappa shape index (κ3) is 2.75. The second-order valence-electron chi connectivity index (χ2n) is 4.43. The molecule has 18 heavy (non-hydrogen) atoms. The Morgan fingerprint density at radius 3 is 2.89 bits per heavy atom. The average Bonchev–Trinajstić information content (AvgIpc) is 2.74. The first-order valence-corrected chi connectivity index (χ1v) is 6.71. The SMILES string of the molecule is NC(=O)CC1CCCCN1C(=O)c1ccoc1Br. The quantitative estimate of drug-likeness (QED) is 0.925. The number of nitrogens with two attached hydrogens (primary N) is 1. The van der Waals surface area contributed by atoms with Crippen LogP contribution in [-0.2, 0) is 4.79 Å². The molecule has 2 heterocycles. The summed E-state index contributed by atoms with van der Waals surface area (Å²) in [7, 11) is 0. The Kier molecular flexibility index (Phi) is 4.06. The lowest BCUT2D eigenvalue weighted by Crippen LogP contribution is -2.45. The van der Waals surface area contributed by atoms with Crippen molar-refractivity contribution in [3.05, 3.63) is 22.6 Å². The van der Waals surface area contributed by atoms with Crippen LogP contribution in [0.1, 0.15) is 36.0 Å². The molecule has 0 bridgehead atoms. The maximum absolute atomic E-state index is 12.4. The van der Waals surface area contributed by atoms with Gasteiger partial charge < -0.3 is 15.1 Å². The third-order valence-electron chi connectivity index (χ3n) is 3.17. The standard InChI is InChI=1S/C12H15BrN2O3/c13-11-9(4-6-18-11)12(17)15-5-2-1-3-8(15)7-10(14)16/h4,6,8H,1-3,5,7H2,(H2,14,16). The molecule has 1 aliphatic heterocycles. The van der Waals surface area contributed by atoms with E-state index in [0.29, 0.717) is 16.8 Å². The number of likely N-dealkylation sites (tertiary alicyclic amines) is 1. The molecule has 5 nitrogen and oxygen atoms in total. The maximum Gasteiger partial charge on any atom is 0.258 e. The van der Waals surface area contributed by atoms with Gasteiger partial charge in [0.2, 0.25) is 5.91 Å². The van der Waals surface area contributed by atoms with Crippen LogP contribution in [0.3, 0.4) is 0 Å². The highest BCUT2D eigenvalue weighted by atomic mass is 79.9. The van der Waals surface area contributed by atoms with Crippen LogP contribution in [0.5, 0.6) is 0 Å². The molecule has 2 N–H and O–H groups in total. The van der Waals surface area contributed by atoms with Crippen molar-refractivity contribution in [2.24, 2.45) is 5.73 Å². The Labute approximate surface area is 113 Å². The first-order valence-electron chi connectivity index (χ1n) is 5.92. The Hall–Kier alpha value is -1.30. The number of halogens is 1. The molecule has 1 saturated heterocycles. The molecule has 1 aliphatic rings. The highest BCUT2D eigenvalue weighted by molar-refractivity contribution is 9.10. The van der Waals surface area contributed by atoms with E-state index in [2.05, 4.69) is 15.9 Å². The summed E-state index contributed by atoms with van der Waals surface area (Å²) in [5, 5.41) is 0. The van der Waals surface area contributed by atoms with Gasteiger partial charge in [0.05, 0.1) is 11.8 Å². The molecule has 1 aromatic heterocycles. The van der Waals surface area contributed by atoms with Crippen molar-refractivity contribution < 1.29 is 14.0 Å². The number of carbonyl (C=O) groups excluding carboxylic acids is 2. The molecule has 1 unspecified atom stereocenters. The second-order valence-corrected chi connectivity index (χ2v) is 5.15. The van der Waals surface area contributed by atoms with Crippen LogP contribution in [0.4, 0.5) is 0 Å². The van der Waals surface area contributed by atoms with Crippen LogP contribution in [0.15, 0.2) is 21.4 Å². The van der Waals surface area contributed by atoms with Gasteiger partial charge in [-0.25, -0.2) is 0 Å². The summed E-state index contributed by atoms with van der Waals surface area (Å²) in [5.41, 5.74) is 5.72. The molecule has 1 aromatic rings. The third-order valence-corrected chi connectivity index (χ3v) is 3.79. The summed E-state index contributed by atoms with van der Waals surface area (Å²) in [6.45, 7) is 0.661. The zero-order chi connectivity index (χ0) is 13.1. The van der Waals surface area contributed by atoms with Crippen molar-refractivity contribution in [1.29, 1.82) is 0 Å². The van der Waals surface area contributed by atoms with Crippen molar-refractivity contribution in [3.63, 3.8) is 0 Å². The van der Waals surface area contributed by atoms with Crippen molar-refractivity contribution in [2.45, 2.75) is 31.7 Å². The number of rotatable bonds is 3. The summed E-state index contributed by atoms with van der Waals surface area (Å²) < 4.78 is 5.50. The normalized spacial score (nSPS) is 19.8. The highest BCUT2D eigenvalue weighted by Crippen LogP contribution is 2.25. The Balaban J connectivity index is 2.16. The predicted molar refractivity (Wildman–Crippen MR) is 68.9 cm³/mol. The van der Waals surface area contributed by atoms with Gasteiger partial charge in [-0.15, -0.1) is 0 Å². The lowest BCUT2D eigenvalue weighted by molar-refractivity contribution is -0.119. The van der Waals surface area contributed by atoms with E-state index >= 15 is 0 Å². The predicted octanol–water partition coefficient (Wildman–Crippen LogP) is 1.91. The fourth-order valence-electron chi connectivity index (χ4n) is 2.31. The first-order chi connectivity index (χ1) is 8.59. The summed E-state index contributed by atoms with van der Waals surface area (Å²) in [6, 6.07) is 1.54. The van der Waals surface area contributed by atoms with Crippen LogP contribution in [-0.4, -0.2) is 29.3 Å². The molecule has 0 saturated carbocycles. The van der Waals surface area contributed by atoms with Gasteiger partial charge in [-0.1, -0.05) is 0 Å². The van der Waals surface area contributed by atoms with Gasteiger partial charge >= 0.3 is 0 Å². The number of furan rings is 1. The number of amides is 2. The van der Waals surface area contributed by atoms with E-state index in [1.807, 2.05) is 0 Å². The van der Waals surface area contributed by atoms with Crippen LogP contribution < -0.4 is 5.73 Å². The van der Waals surface area contributed by atoms with Crippen molar-refractivity contribution in [3.8, 4) is 0 Å². The van der Waals surface area contributed by atoms with Crippen molar-refractivity contribution in [1.82, 2.24) is 4.90 Å². The van der Waals surface area contributed by atoms with Crippen molar-refractivity contribution in [2.75, 3.05) is 6.54 Å². The van der Waals surface area contributed by atoms with Gasteiger partial charge in [-0.05, 0) is 41.3 Å². The Bertz CT molecular complexity index is 458. The van der Waals surface area contributed by atoms with Gasteiger partial charge in [-0.2, -0.15) is 0 Å². The molecule has 0 aliphatic carbocycles. The average molecular weight is 315 g/mol. The smallest absolute Gasteiger partial charge is 0.258 e. The van der Waals surface area contributed by atoms with E-state index < -0.39 is 0 Å². The zero-order valence-electron chi connectivity index (χ0n) is 9.89. The van der Waals surface area contributed by atoms with Crippen LogP contribution in [0, 0.1) is 0 Å². The number of hydrogen-bond donors (Lipinski definition) is 1. The number of piperidine rings is 1. The number of hydrogen-bond acceptors (Lipinski definition) is 3. The number of carbonyl (C=O) groups is 2. The monoisotopic (exact) mass is 314 g/mol. The summed E-state index contributed by atoms with van der Waals surface area (Å²) in [4.78, 5) is 25.1. The zero-order valence-corrected chi connectivity index (χ0v) is 11.5. The Morgan fingerprint density at radius 2 is 2.28 bits per heavy atom. The molecule has 1 fully saturated rings. The molecule has 0 spiro atoms. The van der Waals surface area contributed by atoms with Gasteiger partial charge in [0.1, 0.15) is 0 Å². The minimum absolute atomic E-state index is 0.0921. The molecule has 0 radical (unpaired) electrons. The fourth-order valence-corrected chi connectivity index (χ4v) is 2.72. The molecule has 98 valence electrons. The van der Waals surface area contributed by atoms with Gasteiger partial charge in [0, 0.05) is 19.0 Å². The topological polar surface area (TPSA) is 76.5 Å². The van der Waals surface area contributed by atoms with E-state index in [4.69, 9.17) is 10.2 Å². The molecule has 0 aromatic carbocycles. The van der Waals surface area contributed by atoms with Crippen molar-refractivity contribution >= 4 is 27.7 Å². The number of nitrogens with zero attached hydrogens (tertiary/aromatic N) is 1. The molecular weight excluding hydrogens is 300 g/mol. The van der Waals surface area contributed by atoms with E-state index in [1.165, 1.54) is 6.26 Å². The minimum atomic E-state index is -0.369. The molecular formula is C12H15BrN2O3.